The van der Waals surface area contributed by atoms with Gasteiger partial charge in [-0.2, -0.15) is 0 Å². The van der Waals surface area contributed by atoms with Crippen molar-refractivity contribution in [1.82, 2.24) is 0 Å². The molecule has 0 radical (unpaired) electrons. The molecule has 0 saturated heterocycles. The molecule has 3 nitrogen and oxygen atoms in total. The van der Waals surface area contributed by atoms with Crippen LogP contribution in [-0.2, 0) is 4.79 Å². The van der Waals surface area contributed by atoms with Crippen molar-refractivity contribution >= 4 is 11.8 Å². The second kappa shape index (κ2) is 17.2. The number of hydrogen-bond acceptors (Lipinski definition) is 2. The van der Waals surface area contributed by atoms with Crippen LogP contribution in [0.1, 0.15) is 101 Å². The SMILES string of the molecule is CC(=O)c1ccccc1.CCCCCCCCCCCCCC(=O)O. The number of carbonyl (C=O) groups is 2. The number of carbonyl (C=O) groups excluding carboxylic acids is 1. The van der Waals surface area contributed by atoms with E-state index in [1.54, 1.807) is 6.92 Å². The maximum atomic E-state index is 10.6. The Morgan fingerprint density at radius 3 is 1.56 bits per heavy atom. The predicted molar refractivity (Wildman–Crippen MR) is 105 cm³/mol. The van der Waals surface area contributed by atoms with Crippen molar-refractivity contribution in [2.24, 2.45) is 0 Å². The molecule has 1 aromatic carbocycles. The third-order valence-electron chi connectivity index (χ3n) is 4.17. The average Bonchev–Trinajstić information content (AvgIpc) is 2.61. The lowest BCUT2D eigenvalue weighted by atomic mass is 10.1. The van der Waals surface area contributed by atoms with Gasteiger partial charge in [0.05, 0.1) is 0 Å². The lowest BCUT2D eigenvalue weighted by Gasteiger charge is -2.01. The van der Waals surface area contributed by atoms with Crippen LogP contribution in [0.25, 0.3) is 0 Å². The van der Waals surface area contributed by atoms with Gasteiger partial charge >= 0.3 is 5.97 Å². The molecule has 142 valence electrons. The zero-order valence-electron chi connectivity index (χ0n) is 16.1. The van der Waals surface area contributed by atoms with Gasteiger partial charge in [-0.05, 0) is 13.3 Å². The fourth-order valence-electron chi connectivity index (χ4n) is 2.61. The number of aliphatic carboxylic acids is 1. The standard InChI is InChI=1S/C14H28O2.C8H8O/c1-2-3-4-5-6-7-8-9-10-11-12-13-14(15)16;1-7(9)8-5-3-2-4-6-8/h2-13H2,1H3,(H,15,16);2-6H,1H3. The van der Waals surface area contributed by atoms with Gasteiger partial charge in [-0.3, -0.25) is 9.59 Å². The third kappa shape index (κ3) is 17.0. The molecule has 0 spiro atoms. The molecule has 1 N–H and O–H groups in total. The highest BCUT2D eigenvalue weighted by molar-refractivity contribution is 5.93. The van der Waals surface area contributed by atoms with E-state index in [4.69, 9.17) is 5.11 Å². The fraction of sp³-hybridized carbons (Fsp3) is 0.636. The van der Waals surface area contributed by atoms with Crippen molar-refractivity contribution in [3.8, 4) is 0 Å². The van der Waals surface area contributed by atoms with E-state index in [1.165, 1.54) is 57.8 Å². The quantitative estimate of drug-likeness (QED) is 0.320. The Bertz CT molecular complexity index is 440. The van der Waals surface area contributed by atoms with E-state index in [0.717, 1.165) is 18.4 Å². The molecule has 0 saturated carbocycles. The lowest BCUT2D eigenvalue weighted by Crippen LogP contribution is -1.93. The predicted octanol–water partition coefficient (Wildman–Crippen LogP) is 6.66. The Balaban J connectivity index is 0.000000535. The summed E-state index contributed by atoms with van der Waals surface area (Å²) in [6, 6.07) is 9.23. The van der Waals surface area contributed by atoms with Crippen LogP contribution in [0.5, 0.6) is 0 Å². The smallest absolute Gasteiger partial charge is 0.303 e. The maximum absolute atomic E-state index is 10.6. The molecule has 0 fully saturated rings. The van der Waals surface area contributed by atoms with E-state index in [-0.39, 0.29) is 5.78 Å². The van der Waals surface area contributed by atoms with Crippen molar-refractivity contribution in [3.63, 3.8) is 0 Å². The van der Waals surface area contributed by atoms with E-state index in [2.05, 4.69) is 6.92 Å². The molecule has 3 heteroatoms. The maximum Gasteiger partial charge on any atom is 0.303 e. The fourth-order valence-corrected chi connectivity index (χ4v) is 2.61. The number of carboxylic acid groups (broad SMARTS) is 1. The minimum absolute atomic E-state index is 0.121. The molecule has 25 heavy (non-hydrogen) atoms. The minimum Gasteiger partial charge on any atom is -0.481 e. The van der Waals surface area contributed by atoms with Gasteiger partial charge in [-0.1, -0.05) is 101 Å². The van der Waals surface area contributed by atoms with Crippen LogP contribution < -0.4 is 0 Å². The van der Waals surface area contributed by atoms with E-state index >= 15 is 0 Å². The summed E-state index contributed by atoms with van der Waals surface area (Å²) in [4.78, 5) is 20.9. The van der Waals surface area contributed by atoms with Gasteiger partial charge in [0.2, 0.25) is 0 Å². The van der Waals surface area contributed by atoms with Gasteiger partial charge in [0.1, 0.15) is 0 Å². The van der Waals surface area contributed by atoms with E-state index < -0.39 is 5.97 Å². The van der Waals surface area contributed by atoms with Gasteiger partial charge in [0.15, 0.2) is 5.78 Å². The molecule has 0 aliphatic carbocycles. The summed E-state index contributed by atoms with van der Waals surface area (Å²) in [7, 11) is 0. The number of Topliss-reactive ketones (excluding diaryl/α,β-unsaturated/α-hetero) is 1. The van der Waals surface area contributed by atoms with E-state index in [9.17, 15) is 9.59 Å². The molecule has 0 atom stereocenters. The Morgan fingerprint density at radius 2 is 1.20 bits per heavy atom. The van der Waals surface area contributed by atoms with Gasteiger partial charge in [-0.15, -0.1) is 0 Å². The van der Waals surface area contributed by atoms with Crippen molar-refractivity contribution in [3.05, 3.63) is 35.9 Å². The first-order valence-electron chi connectivity index (χ1n) is 9.85. The summed E-state index contributed by atoms with van der Waals surface area (Å²) in [6.07, 6.45) is 14.4. The zero-order chi connectivity index (χ0) is 18.8. The lowest BCUT2D eigenvalue weighted by molar-refractivity contribution is -0.137. The zero-order valence-corrected chi connectivity index (χ0v) is 16.1. The van der Waals surface area contributed by atoms with E-state index in [1.807, 2.05) is 30.3 Å². The van der Waals surface area contributed by atoms with Crippen LogP contribution >= 0.6 is 0 Å². The summed E-state index contributed by atoms with van der Waals surface area (Å²) in [5.41, 5.74) is 0.775. The molecule has 0 heterocycles. The molecule has 0 bridgehead atoms. The molecular weight excluding hydrogens is 312 g/mol. The minimum atomic E-state index is -0.657. The van der Waals surface area contributed by atoms with Crippen LogP contribution in [0, 0.1) is 0 Å². The Labute approximate surface area is 153 Å². The molecule has 1 rings (SSSR count). The highest BCUT2D eigenvalue weighted by Gasteiger charge is 1.96. The molecular formula is C22H36O3. The van der Waals surface area contributed by atoms with Crippen molar-refractivity contribution in [2.45, 2.75) is 90.9 Å². The number of carboxylic acids is 1. The summed E-state index contributed by atoms with van der Waals surface area (Å²) in [5.74, 6) is -0.536. The Hall–Kier alpha value is -1.64. The Kier molecular flexibility index (Phi) is 16.1. The van der Waals surface area contributed by atoms with Crippen LogP contribution in [0.15, 0.2) is 30.3 Å². The second-order valence-corrected chi connectivity index (χ2v) is 6.60. The van der Waals surface area contributed by atoms with Crippen LogP contribution in [0.4, 0.5) is 0 Å². The largest absolute Gasteiger partial charge is 0.481 e. The number of unbranched alkanes of at least 4 members (excludes halogenated alkanes) is 10. The van der Waals surface area contributed by atoms with Gasteiger partial charge in [0.25, 0.3) is 0 Å². The first-order valence-corrected chi connectivity index (χ1v) is 9.85. The van der Waals surface area contributed by atoms with Gasteiger partial charge in [-0.25, -0.2) is 0 Å². The number of rotatable bonds is 13. The van der Waals surface area contributed by atoms with Crippen molar-refractivity contribution < 1.29 is 14.7 Å². The highest BCUT2D eigenvalue weighted by atomic mass is 16.4. The van der Waals surface area contributed by atoms with E-state index in [0.29, 0.717) is 6.42 Å². The normalized spacial score (nSPS) is 10.0. The molecule has 0 unspecified atom stereocenters. The van der Waals surface area contributed by atoms with Gasteiger partial charge in [0, 0.05) is 12.0 Å². The van der Waals surface area contributed by atoms with Crippen LogP contribution in [0.2, 0.25) is 0 Å². The topological polar surface area (TPSA) is 54.4 Å². The Morgan fingerprint density at radius 1 is 0.760 bits per heavy atom. The number of ketones is 1. The molecule has 0 aromatic heterocycles. The third-order valence-corrected chi connectivity index (χ3v) is 4.17. The molecule has 0 amide bonds. The highest BCUT2D eigenvalue weighted by Crippen LogP contribution is 2.11. The monoisotopic (exact) mass is 348 g/mol. The average molecular weight is 349 g/mol. The van der Waals surface area contributed by atoms with Crippen molar-refractivity contribution in [2.75, 3.05) is 0 Å². The molecule has 0 aliphatic rings. The van der Waals surface area contributed by atoms with Crippen molar-refractivity contribution in [1.29, 1.82) is 0 Å². The summed E-state index contributed by atoms with van der Waals surface area (Å²) in [6.45, 7) is 3.81. The van der Waals surface area contributed by atoms with Crippen LogP contribution in [0.3, 0.4) is 0 Å². The first-order chi connectivity index (χ1) is 12.1. The molecule has 0 aliphatic heterocycles. The van der Waals surface area contributed by atoms with Gasteiger partial charge < -0.3 is 5.11 Å². The first kappa shape index (κ1) is 23.4. The van der Waals surface area contributed by atoms with Crippen LogP contribution in [-0.4, -0.2) is 16.9 Å². The summed E-state index contributed by atoms with van der Waals surface area (Å²) < 4.78 is 0. The second-order valence-electron chi connectivity index (χ2n) is 6.60. The number of benzene rings is 1. The molecule has 1 aromatic rings. The number of hydrogen-bond donors (Lipinski definition) is 1. The summed E-state index contributed by atoms with van der Waals surface area (Å²) >= 11 is 0. The summed E-state index contributed by atoms with van der Waals surface area (Å²) in [5, 5.41) is 8.46.